The molecule has 0 spiro atoms. The summed E-state index contributed by atoms with van der Waals surface area (Å²) in [7, 11) is 1.56. The number of hydrogen-bond donors (Lipinski definition) is 1. The first-order valence-corrected chi connectivity index (χ1v) is 7.33. The summed E-state index contributed by atoms with van der Waals surface area (Å²) in [6, 6.07) is 10.9. The van der Waals surface area contributed by atoms with Crippen LogP contribution in [0.15, 0.2) is 42.5 Å². The number of nitrogens with one attached hydrogen (secondary N) is 1. The number of para-hydroxylation sites is 1. The molecule has 0 aliphatic carbocycles. The number of benzene rings is 2. The lowest BCUT2D eigenvalue weighted by molar-refractivity contribution is -0.123. The highest BCUT2D eigenvalue weighted by Gasteiger charge is 2.12. The maximum atomic E-state index is 13.2. The van der Waals surface area contributed by atoms with Crippen molar-refractivity contribution in [3.05, 3.63) is 59.4 Å². The molecule has 0 bridgehead atoms. The fourth-order valence-corrected chi connectivity index (χ4v) is 2.14. The van der Waals surface area contributed by atoms with E-state index in [2.05, 4.69) is 5.32 Å². The maximum absolute atomic E-state index is 13.2. The molecule has 0 saturated carbocycles. The van der Waals surface area contributed by atoms with Gasteiger partial charge in [-0.1, -0.05) is 18.2 Å². The van der Waals surface area contributed by atoms with Gasteiger partial charge >= 0.3 is 0 Å². The fourth-order valence-electron chi connectivity index (χ4n) is 2.14. The number of ether oxygens (including phenoxy) is 2. The maximum Gasteiger partial charge on any atom is 0.258 e. The predicted molar refractivity (Wildman–Crippen MR) is 86.7 cm³/mol. The van der Waals surface area contributed by atoms with E-state index < -0.39 is 5.82 Å². The summed E-state index contributed by atoms with van der Waals surface area (Å²) >= 11 is 0. The molecular weight excluding hydrogens is 313 g/mol. The van der Waals surface area contributed by atoms with Crippen molar-refractivity contribution in [1.29, 1.82) is 0 Å². The topological polar surface area (TPSA) is 64.6 Å². The first-order valence-electron chi connectivity index (χ1n) is 7.33. The molecule has 5 nitrogen and oxygen atoms in total. The van der Waals surface area contributed by atoms with Gasteiger partial charge in [-0.2, -0.15) is 0 Å². The SMILES string of the molecule is COc1ccccc1CNC(=O)COc1ccc(F)cc1C(C)=O. The molecule has 1 amide bonds. The molecule has 2 aromatic rings. The van der Waals surface area contributed by atoms with E-state index in [1.165, 1.54) is 19.1 Å². The lowest BCUT2D eigenvalue weighted by Gasteiger charge is -2.11. The summed E-state index contributed by atoms with van der Waals surface area (Å²) in [6.45, 7) is 1.32. The largest absolute Gasteiger partial charge is 0.496 e. The second kappa shape index (κ2) is 8.10. The molecule has 1 N–H and O–H groups in total. The summed E-state index contributed by atoms with van der Waals surface area (Å²) in [6.07, 6.45) is 0. The summed E-state index contributed by atoms with van der Waals surface area (Å²) < 4.78 is 23.7. The Bertz CT molecular complexity index is 746. The summed E-state index contributed by atoms with van der Waals surface area (Å²) in [5.41, 5.74) is 0.937. The standard InChI is InChI=1S/C18H18FNO4/c1-12(21)15-9-14(19)7-8-17(15)24-11-18(22)20-10-13-5-3-4-6-16(13)23-2/h3-9H,10-11H2,1-2H3,(H,20,22). The molecule has 0 fully saturated rings. The molecule has 0 atom stereocenters. The minimum Gasteiger partial charge on any atom is -0.496 e. The summed E-state index contributed by atoms with van der Waals surface area (Å²) in [5, 5.41) is 2.70. The van der Waals surface area contributed by atoms with E-state index in [4.69, 9.17) is 9.47 Å². The molecule has 6 heteroatoms. The average Bonchev–Trinajstić information content (AvgIpc) is 2.58. The van der Waals surface area contributed by atoms with E-state index in [0.29, 0.717) is 5.75 Å². The van der Waals surface area contributed by atoms with Crippen molar-refractivity contribution in [2.45, 2.75) is 13.5 Å². The van der Waals surface area contributed by atoms with Crippen LogP contribution in [-0.4, -0.2) is 25.4 Å². The van der Waals surface area contributed by atoms with Crippen LogP contribution in [-0.2, 0) is 11.3 Å². The number of hydrogen-bond acceptors (Lipinski definition) is 4. The lowest BCUT2D eigenvalue weighted by Crippen LogP contribution is -2.28. The van der Waals surface area contributed by atoms with Gasteiger partial charge in [0.1, 0.15) is 17.3 Å². The highest BCUT2D eigenvalue weighted by molar-refractivity contribution is 5.96. The summed E-state index contributed by atoms with van der Waals surface area (Å²) in [4.78, 5) is 23.4. The monoisotopic (exact) mass is 331 g/mol. The van der Waals surface area contributed by atoms with Crippen molar-refractivity contribution in [2.75, 3.05) is 13.7 Å². The second-order valence-electron chi connectivity index (χ2n) is 5.07. The Morgan fingerprint density at radius 1 is 1.12 bits per heavy atom. The van der Waals surface area contributed by atoms with Crippen LogP contribution >= 0.6 is 0 Å². The Balaban J connectivity index is 1.93. The normalized spacial score (nSPS) is 10.1. The molecule has 24 heavy (non-hydrogen) atoms. The van der Waals surface area contributed by atoms with Crippen LogP contribution in [0, 0.1) is 5.82 Å². The van der Waals surface area contributed by atoms with Crippen LogP contribution < -0.4 is 14.8 Å². The van der Waals surface area contributed by atoms with Crippen LogP contribution in [0.4, 0.5) is 4.39 Å². The van der Waals surface area contributed by atoms with Gasteiger partial charge in [0.2, 0.25) is 0 Å². The number of amides is 1. The van der Waals surface area contributed by atoms with Crippen LogP contribution in [0.2, 0.25) is 0 Å². The third kappa shape index (κ3) is 4.55. The lowest BCUT2D eigenvalue weighted by atomic mass is 10.1. The van der Waals surface area contributed by atoms with Crippen LogP contribution in [0.3, 0.4) is 0 Å². The van der Waals surface area contributed by atoms with Gasteiger partial charge in [-0.05, 0) is 31.2 Å². The molecule has 2 aromatic carbocycles. The van der Waals surface area contributed by atoms with E-state index in [0.717, 1.165) is 11.6 Å². The molecular formula is C18H18FNO4. The van der Waals surface area contributed by atoms with Crippen LogP contribution in [0.5, 0.6) is 11.5 Å². The molecule has 0 unspecified atom stereocenters. The number of rotatable bonds is 7. The third-order valence-corrected chi connectivity index (χ3v) is 3.35. The molecule has 0 aromatic heterocycles. The van der Waals surface area contributed by atoms with Crippen LogP contribution in [0.1, 0.15) is 22.8 Å². The van der Waals surface area contributed by atoms with Gasteiger partial charge in [0.05, 0.1) is 12.7 Å². The summed E-state index contributed by atoms with van der Waals surface area (Å²) in [5.74, 6) is -0.376. The molecule has 0 aliphatic heterocycles. The Labute approximate surface area is 139 Å². The first-order chi connectivity index (χ1) is 11.5. The molecule has 0 aliphatic rings. The number of ketones is 1. The van der Waals surface area contributed by atoms with Gasteiger partial charge in [0.15, 0.2) is 12.4 Å². The number of halogens is 1. The minimum atomic E-state index is -0.534. The predicted octanol–water partition coefficient (Wildman–Crippen LogP) is 2.73. The Morgan fingerprint density at radius 3 is 2.58 bits per heavy atom. The number of methoxy groups -OCH3 is 1. The zero-order valence-electron chi connectivity index (χ0n) is 13.5. The smallest absolute Gasteiger partial charge is 0.258 e. The van der Waals surface area contributed by atoms with Gasteiger partial charge in [-0.25, -0.2) is 4.39 Å². The van der Waals surface area contributed by atoms with E-state index in [1.54, 1.807) is 13.2 Å². The fraction of sp³-hybridized carbons (Fsp3) is 0.222. The van der Waals surface area contributed by atoms with Crippen molar-refractivity contribution < 1.29 is 23.5 Å². The zero-order chi connectivity index (χ0) is 17.5. The quantitative estimate of drug-likeness (QED) is 0.792. The number of carbonyl (C=O) groups is 2. The molecule has 2 rings (SSSR count). The molecule has 126 valence electrons. The van der Waals surface area contributed by atoms with Crippen molar-refractivity contribution in [1.82, 2.24) is 5.32 Å². The van der Waals surface area contributed by atoms with E-state index in [-0.39, 0.29) is 36.2 Å². The number of carbonyl (C=O) groups excluding carboxylic acids is 2. The Hall–Kier alpha value is -2.89. The van der Waals surface area contributed by atoms with Gasteiger partial charge < -0.3 is 14.8 Å². The molecule has 0 heterocycles. The van der Waals surface area contributed by atoms with E-state index in [9.17, 15) is 14.0 Å². The van der Waals surface area contributed by atoms with E-state index >= 15 is 0 Å². The van der Waals surface area contributed by atoms with E-state index in [1.807, 2.05) is 18.2 Å². The third-order valence-electron chi connectivity index (χ3n) is 3.35. The highest BCUT2D eigenvalue weighted by Crippen LogP contribution is 2.20. The van der Waals surface area contributed by atoms with Gasteiger partial charge in [0.25, 0.3) is 5.91 Å². The van der Waals surface area contributed by atoms with Gasteiger partial charge in [0, 0.05) is 12.1 Å². The van der Waals surface area contributed by atoms with Crippen LogP contribution in [0.25, 0.3) is 0 Å². The molecule has 0 radical (unpaired) electrons. The Morgan fingerprint density at radius 2 is 1.88 bits per heavy atom. The van der Waals surface area contributed by atoms with Crippen molar-refractivity contribution in [3.8, 4) is 11.5 Å². The van der Waals surface area contributed by atoms with Gasteiger partial charge in [-0.3, -0.25) is 9.59 Å². The van der Waals surface area contributed by atoms with Crippen molar-refractivity contribution in [3.63, 3.8) is 0 Å². The molecule has 0 saturated heterocycles. The number of Topliss-reactive ketones (excluding diaryl/α,β-unsaturated/α-hetero) is 1. The van der Waals surface area contributed by atoms with Crippen molar-refractivity contribution in [2.24, 2.45) is 0 Å². The zero-order valence-corrected chi connectivity index (χ0v) is 13.5. The Kier molecular flexibility index (Phi) is 5.89. The average molecular weight is 331 g/mol. The van der Waals surface area contributed by atoms with Crippen molar-refractivity contribution >= 4 is 11.7 Å². The van der Waals surface area contributed by atoms with Gasteiger partial charge in [-0.15, -0.1) is 0 Å². The highest BCUT2D eigenvalue weighted by atomic mass is 19.1. The first kappa shape index (κ1) is 17.5. The second-order valence-corrected chi connectivity index (χ2v) is 5.07. The minimum absolute atomic E-state index is 0.104.